The first-order valence-electron chi connectivity index (χ1n) is 6.65. The van der Waals surface area contributed by atoms with Gasteiger partial charge in [-0.15, -0.1) is 0 Å². The van der Waals surface area contributed by atoms with E-state index in [1.54, 1.807) is 0 Å². The molecule has 0 bridgehead atoms. The minimum absolute atomic E-state index is 0.178. The van der Waals surface area contributed by atoms with Crippen LogP contribution in [0, 0.1) is 0 Å². The van der Waals surface area contributed by atoms with Gasteiger partial charge >= 0.3 is 0 Å². The number of nitrogens with one attached hydrogen (secondary N) is 2. The molecule has 8 nitrogen and oxygen atoms in total. The second-order valence-electron chi connectivity index (χ2n) is 4.58. The third kappa shape index (κ3) is 3.13. The topological polar surface area (TPSA) is 100 Å². The highest BCUT2D eigenvalue weighted by atomic mass is 16.5. The highest BCUT2D eigenvalue weighted by molar-refractivity contribution is 6.39. The van der Waals surface area contributed by atoms with Gasteiger partial charge in [0.1, 0.15) is 11.8 Å². The Kier molecular flexibility index (Phi) is 4.67. The summed E-state index contributed by atoms with van der Waals surface area (Å²) in [7, 11) is 0. The number of rotatable bonds is 3. The molecule has 2 rings (SSSR count). The molecule has 0 aliphatic carbocycles. The minimum atomic E-state index is -0.642. The van der Waals surface area contributed by atoms with E-state index < -0.39 is 6.04 Å². The molecule has 1 atom stereocenters. The third-order valence-corrected chi connectivity index (χ3v) is 3.19. The van der Waals surface area contributed by atoms with Gasteiger partial charge in [-0.1, -0.05) is 0 Å². The van der Waals surface area contributed by atoms with Crippen LogP contribution in [0.4, 0.5) is 0 Å². The molecule has 0 spiro atoms. The predicted octanol–water partition coefficient (Wildman–Crippen LogP) is -1.38. The van der Waals surface area contributed by atoms with Gasteiger partial charge in [-0.2, -0.15) is 5.10 Å². The molecule has 0 radical (unpaired) electrons. The van der Waals surface area contributed by atoms with Crippen molar-refractivity contribution < 1.29 is 19.1 Å². The van der Waals surface area contributed by atoms with Gasteiger partial charge in [-0.3, -0.25) is 14.4 Å². The molecular formula is C12H18N4O4. The highest BCUT2D eigenvalue weighted by Gasteiger charge is 2.35. The number of ether oxygens (including phenoxy) is 1. The van der Waals surface area contributed by atoms with Gasteiger partial charge in [-0.25, -0.2) is 5.43 Å². The molecule has 20 heavy (non-hydrogen) atoms. The lowest BCUT2D eigenvalue weighted by Crippen LogP contribution is -2.57. The summed E-state index contributed by atoms with van der Waals surface area (Å²) in [6.45, 7) is 3.22. The summed E-state index contributed by atoms with van der Waals surface area (Å²) in [6, 6.07) is -0.642. The second-order valence-corrected chi connectivity index (χ2v) is 4.58. The SMILES string of the molecule is CCNC(=O)C1COCCN1C(=O)C1=NNC(=O)CC1. The van der Waals surface area contributed by atoms with E-state index >= 15 is 0 Å². The Balaban J connectivity index is 2.09. The molecule has 1 unspecified atom stereocenters. The van der Waals surface area contributed by atoms with Crippen molar-refractivity contribution in [2.75, 3.05) is 26.3 Å². The average Bonchev–Trinajstić information content (AvgIpc) is 2.47. The Labute approximate surface area is 116 Å². The summed E-state index contributed by atoms with van der Waals surface area (Å²) in [4.78, 5) is 36.8. The molecule has 110 valence electrons. The average molecular weight is 282 g/mol. The molecule has 2 aliphatic heterocycles. The van der Waals surface area contributed by atoms with Gasteiger partial charge in [-0.05, 0) is 6.92 Å². The number of amides is 3. The Bertz CT molecular complexity index is 449. The number of likely N-dealkylation sites (N-methyl/N-ethyl adjacent to an activating group) is 1. The van der Waals surface area contributed by atoms with Crippen LogP contribution in [0.15, 0.2) is 5.10 Å². The maximum Gasteiger partial charge on any atom is 0.270 e. The van der Waals surface area contributed by atoms with Gasteiger partial charge in [0.15, 0.2) is 0 Å². The molecule has 0 aromatic carbocycles. The van der Waals surface area contributed by atoms with Crippen molar-refractivity contribution in [1.82, 2.24) is 15.6 Å². The van der Waals surface area contributed by atoms with Gasteiger partial charge in [0.2, 0.25) is 11.8 Å². The molecule has 8 heteroatoms. The molecule has 2 heterocycles. The molecule has 2 aliphatic rings. The summed E-state index contributed by atoms with van der Waals surface area (Å²) >= 11 is 0. The van der Waals surface area contributed by atoms with Crippen LogP contribution in [-0.2, 0) is 19.1 Å². The van der Waals surface area contributed by atoms with Gasteiger partial charge < -0.3 is 15.0 Å². The minimum Gasteiger partial charge on any atom is -0.377 e. The number of nitrogens with zero attached hydrogens (tertiary/aromatic N) is 2. The zero-order valence-corrected chi connectivity index (χ0v) is 11.3. The van der Waals surface area contributed by atoms with Gasteiger partial charge in [0.05, 0.1) is 13.2 Å². The summed E-state index contributed by atoms with van der Waals surface area (Å²) in [5.41, 5.74) is 2.57. The van der Waals surface area contributed by atoms with Crippen molar-refractivity contribution in [1.29, 1.82) is 0 Å². The van der Waals surface area contributed by atoms with Crippen LogP contribution in [0.1, 0.15) is 19.8 Å². The van der Waals surface area contributed by atoms with E-state index in [1.807, 2.05) is 6.92 Å². The lowest BCUT2D eigenvalue weighted by atomic mass is 10.1. The van der Waals surface area contributed by atoms with Crippen molar-refractivity contribution in [2.45, 2.75) is 25.8 Å². The quantitative estimate of drug-likeness (QED) is 0.666. The van der Waals surface area contributed by atoms with Gasteiger partial charge in [0.25, 0.3) is 5.91 Å². The molecule has 3 amide bonds. The summed E-state index contributed by atoms with van der Waals surface area (Å²) in [5, 5.41) is 6.47. The van der Waals surface area contributed by atoms with E-state index in [4.69, 9.17) is 4.74 Å². The largest absolute Gasteiger partial charge is 0.377 e. The Morgan fingerprint density at radius 1 is 1.50 bits per heavy atom. The molecule has 1 saturated heterocycles. The van der Waals surface area contributed by atoms with E-state index in [0.717, 1.165) is 0 Å². The fourth-order valence-corrected chi connectivity index (χ4v) is 2.15. The smallest absolute Gasteiger partial charge is 0.270 e. The number of carbonyl (C=O) groups is 3. The highest BCUT2D eigenvalue weighted by Crippen LogP contribution is 2.11. The van der Waals surface area contributed by atoms with Crippen LogP contribution in [-0.4, -0.2) is 60.7 Å². The lowest BCUT2D eigenvalue weighted by molar-refractivity contribution is -0.144. The van der Waals surface area contributed by atoms with Crippen LogP contribution in [0.3, 0.4) is 0 Å². The standard InChI is InChI=1S/C12H18N4O4/c1-2-13-11(18)9-7-20-6-5-16(9)12(19)8-3-4-10(17)15-14-8/h9H,2-7H2,1H3,(H,13,18)(H,15,17). The summed E-state index contributed by atoms with van der Waals surface area (Å²) in [5.74, 6) is -0.755. The van der Waals surface area contributed by atoms with Crippen LogP contribution in [0.2, 0.25) is 0 Å². The van der Waals surface area contributed by atoms with Crippen molar-refractivity contribution in [3.63, 3.8) is 0 Å². The van der Waals surface area contributed by atoms with Crippen LogP contribution in [0.5, 0.6) is 0 Å². The first-order chi connectivity index (χ1) is 9.63. The van der Waals surface area contributed by atoms with Crippen molar-refractivity contribution in [3.8, 4) is 0 Å². The molecule has 0 saturated carbocycles. The number of carbonyl (C=O) groups excluding carboxylic acids is 3. The number of hydrogen-bond acceptors (Lipinski definition) is 5. The Morgan fingerprint density at radius 2 is 2.30 bits per heavy atom. The Hall–Kier alpha value is -1.96. The molecule has 0 aromatic heterocycles. The predicted molar refractivity (Wildman–Crippen MR) is 69.8 cm³/mol. The van der Waals surface area contributed by atoms with Crippen molar-refractivity contribution in [3.05, 3.63) is 0 Å². The summed E-state index contributed by atoms with van der Waals surface area (Å²) in [6.07, 6.45) is 0.533. The van der Waals surface area contributed by atoms with Crippen LogP contribution >= 0.6 is 0 Å². The number of morpholine rings is 1. The first kappa shape index (κ1) is 14.4. The van der Waals surface area contributed by atoms with Crippen LogP contribution in [0.25, 0.3) is 0 Å². The Morgan fingerprint density at radius 3 is 2.95 bits per heavy atom. The maximum atomic E-state index is 12.4. The van der Waals surface area contributed by atoms with E-state index in [-0.39, 0.29) is 36.5 Å². The normalized spacial score (nSPS) is 22.9. The molecular weight excluding hydrogens is 264 g/mol. The van der Waals surface area contributed by atoms with Gasteiger partial charge in [0, 0.05) is 25.9 Å². The zero-order valence-electron chi connectivity index (χ0n) is 11.3. The molecule has 2 N–H and O–H groups in total. The summed E-state index contributed by atoms with van der Waals surface area (Å²) < 4.78 is 5.27. The zero-order chi connectivity index (χ0) is 14.5. The fraction of sp³-hybridized carbons (Fsp3) is 0.667. The lowest BCUT2D eigenvalue weighted by Gasteiger charge is -2.34. The van der Waals surface area contributed by atoms with Crippen molar-refractivity contribution in [2.24, 2.45) is 5.10 Å². The first-order valence-corrected chi connectivity index (χ1v) is 6.65. The van der Waals surface area contributed by atoms with E-state index in [2.05, 4.69) is 15.8 Å². The van der Waals surface area contributed by atoms with E-state index in [9.17, 15) is 14.4 Å². The monoisotopic (exact) mass is 282 g/mol. The number of hydrazone groups is 1. The van der Waals surface area contributed by atoms with E-state index in [0.29, 0.717) is 26.1 Å². The third-order valence-electron chi connectivity index (χ3n) is 3.19. The second kappa shape index (κ2) is 6.47. The van der Waals surface area contributed by atoms with Crippen LogP contribution < -0.4 is 10.7 Å². The number of hydrogen-bond donors (Lipinski definition) is 2. The molecule has 0 aromatic rings. The van der Waals surface area contributed by atoms with Crippen molar-refractivity contribution >= 4 is 23.4 Å². The fourth-order valence-electron chi connectivity index (χ4n) is 2.15. The maximum absolute atomic E-state index is 12.4. The molecule has 1 fully saturated rings. The van der Waals surface area contributed by atoms with E-state index in [1.165, 1.54) is 4.90 Å².